The van der Waals surface area contributed by atoms with Gasteiger partial charge in [-0.15, -0.1) is 0 Å². The number of hydrazine groups is 1. The van der Waals surface area contributed by atoms with E-state index in [4.69, 9.17) is 0 Å². The maximum Gasteiger partial charge on any atom is 0.119 e. The second kappa shape index (κ2) is 11.7. The number of nitrogens with zero attached hydrogens (tertiary/aromatic N) is 3. The van der Waals surface area contributed by atoms with E-state index in [0.717, 1.165) is 13.0 Å². The van der Waals surface area contributed by atoms with Crippen LogP contribution >= 0.6 is 0 Å². The van der Waals surface area contributed by atoms with Crippen molar-refractivity contribution in [2.45, 2.75) is 45.7 Å². The van der Waals surface area contributed by atoms with Gasteiger partial charge < -0.3 is 5.32 Å². The van der Waals surface area contributed by atoms with Gasteiger partial charge in [-0.3, -0.25) is 4.90 Å². The van der Waals surface area contributed by atoms with Crippen LogP contribution in [-0.2, 0) is 6.42 Å². The Bertz CT molecular complexity index is 1980. The van der Waals surface area contributed by atoms with E-state index in [1.807, 2.05) is 0 Å². The fourth-order valence-corrected chi connectivity index (χ4v) is 7.80. The molecule has 3 heterocycles. The SMILES string of the molecule is C/C(=C\C=C1\C=CC=CC1C)C1N(C)C(c2ccc(Cc3cccc4c3NCC=C4)cc2C)N2C(c3ccc4ccccc4c3)N12. The monoisotopic (exact) mass is 602 g/mol. The highest BCUT2D eigenvalue weighted by atomic mass is 16.0. The molecular weight excluding hydrogens is 560 g/mol. The molecule has 1 aliphatic carbocycles. The van der Waals surface area contributed by atoms with Crippen molar-refractivity contribution in [3.63, 3.8) is 0 Å². The number of rotatable bonds is 6. The highest BCUT2D eigenvalue weighted by Gasteiger charge is 2.63. The molecule has 6 unspecified atom stereocenters. The van der Waals surface area contributed by atoms with Crippen LogP contribution in [0.2, 0.25) is 0 Å². The summed E-state index contributed by atoms with van der Waals surface area (Å²) >= 11 is 0. The molecule has 0 spiro atoms. The molecule has 4 heteroatoms. The molecule has 46 heavy (non-hydrogen) atoms. The molecule has 4 aromatic rings. The Morgan fingerprint density at radius 3 is 2.61 bits per heavy atom. The number of aryl methyl sites for hydroxylation is 1. The molecule has 0 amide bonds. The second-order valence-electron chi connectivity index (χ2n) is 13.3. The smallest absolute Gasteiger partial charge is 0.119 e. The molecule has 4 aromatic carbocycles. The highest BCUT2D eigenvalue weighted by molar-refractivity contribution is 5.83. The summed E-state index contributed by atoms with van der Waals surface area (Å²) in [5.41, 5.74) is 12.0. The molecule has 0 saturated carbocycles. The molecule has 230 valence electrons. The van der Waals surface area contributed by atoms with Crippen molar-refractivity contribution in [2.24, 2.45) is 5.92 Å². The second-order valence-corrected chi connectivity index (χ2v) is 13.3. The van der Waals surface area contributed by atoms with E-state index in [1.165, 1.54) is 61.0 Å². The quantitative estimate of drug-likeness (QED) is 0.222. The van der Waals surface area contributed by atoms with Gasteiger partial charge in [-0.2, -0.15) is 10.0 Å². The Labute approximate surface area is 273 Å². The molecule has 4 nitrogen and oxygen atoms in total. The number of fused-ring (bicyclic) bond motifs is 3. The zero-order valence-electron chi connectivity index (χ0n) is 27.2. The molecule has 0 radical (unpaired) electrons. The Morgan fingerprint density at radius 2 is 1.76 bits per heavy atom. The van der Waals surface area contributed by atoms with Crippen LogP contribution in [0, 0.1) is 12.8 Å². The highest BCUT2D eigenvalue weighted by Crippen LogP contribution is 2.58. The van der Waals surface area contributed by atoms with Gasteiger partial charge in [0.1, 0.15) is 18.5 Å². The van der Waals surface area contributed by atoms with Crippen LogP contribution in [0.25, 0.3) is 16.8 Å². The van der Waals surface area contributed by atoms with Gasteiger partial charge in [0.05, 0.1) is 0 Å². The first-order valence-electron chi connectivity index (χ1n) is 16.6. The number of anilines is 1. The number of allylic oxidation sites excluding steroid dienone is 7. The van der Waals surface area contributed by atoms with E-state index in [9.17, 15) is 0 Å². The Morgan fingerprint density at radius 1 is 0.891 bits per heavy atom. The topological polar surface area (TPSA) is 21.3 Å². The first-order chi connectivity index (χ1) is 22.5. The zero-order valence-corrected chi connectivity index (χ0v) is 27.2. The first kappa shape index (κ1) is 29.0. The number of para-hydroxylation sites is 1. The molecular formula is C42H42N4. The summed E-state index contributed by atoms with van der Waals surface area (Å²) in [7, 11) is 2.29. The van der Waals surface area contributed by atoms with Gasteiger partial charge >= 0.3 is 0 Å². The summed E-state index contributed by atoms with van der Waals surface area (Å²) in [6, 6.07) is 29.4. The van der Waals surface area contributed by atoms with Crippen LogP contribution in [0.15, 0.2) is 133 Å². The van der Waals surface area contributed by atoms with E-state index in [1.54, 1.807) is 0 Å². The largest absolute Gasteiger partial charge is 0.381 e. The number of nitrogens with one attached hydrogen (secondary N) is 1. The van der Waals surface area contributed by atoms with Crippen molar-refractivity contribution in [2.75, 3.05) is 18.9 Å². The van der Waals surface area contributed by atoms with E-state index in [-0.39, 0.29) is 18.5 Å². The van der Waals surface area contributed by atoms with Crippen LogP contribution in [0.4, 0.5) is 5.69 Å². The normalized spacial score (nSPS) is 27.6. The van der Waals surface area contributed by atoms with E-state index >= 15 is 0 Å². The summed E-state index contributed by atoms with van der Waals surface area (Å²) in [5.74, 6) is 0.431. The minimum Gasteiger partial charge on any atom is -0.381 e. The van der Waals surface area contributed by atoms with Crippen LogP contribution in [0.5, 0.6) is 0 Å². The van der Waals surface area contributed by atoms with Crippen LogP contribution in [-0.4, -0.2) is 34.7 Å². The van der Waals surface area contributed by atoms with Crippen molar-refractivity contribution in [1.29, 1.82) is 0 Å². The van der Waals surface area contributed by atoms with Gasteiger partial charge in [0.25, 0.3) is 0 Å². The summed E-state index contributed by atoms with van der Waals surface area (Å²) in [6.07, 6.45) is 19.3. The van der Waals surface area contributed by atoms with Crippen molar-refractivity contribution >= 4 is 22.5 Å². The third-order valence-electron chi connectivity index (χ3n) is 10.2. The predicted molar refractivity (Wildman–Crippen MR) is 192 cm³/mol. The minimum atomic E-state index is 0.152. The Hall–Kier alpha value is -4.48. The van der Waals surface area contributed by atoms with E-state index in [0.29, 0.717) is 5.92 Å². The van der Waals surface area contributed by atoms with Crippen molar-refractivity contribution in [1.82, 2.24) is 14.9 Å². The molecule has 3 aliphatic heterocycles. The fourth-order valence-electron chi connectivity index (χ4n) is 7.80. The summed E-state index contributed by atoms with van der Waals surface area (Å²) in [5, 5.41) is 11.4. The lowest BCUT2D eigenvalue weighted by atomic mass is 9.95. The predicted octanol–water partition coefficient (Wildman–Crippen LogP) is 9.31. The van der Waals surface area contributed by atoms with E-state index < -0.39 is 0 Å². The van der Waals surface area contributed by atoms with E-state index in [2.05, 4.69) is 176 Å². The Kier molecular flexibility index (Phi) is 7.37. The van der Waals surface area contributed by atoms with Crippen molar-refractivity contribution in [3.05, 3.63) is 166 Å². The van der Waals surface area contributed by atoms with Gasteiger partial charge in [-0.1, -0.05) is 128 Å². The third-order valence-corrected chi connectivity index (χ3v) is 10.2. The summed E-state index contributed by atoms with van der Waals surface area (Å²) in [6.45, 7) is 7.74. The van der Waals surface area contributed by atoms with Crippen LogP contribution in [0.3, 0.4) is 0 Å². The molecule has 6 atom stereocenters. The Balaban J connectivity index is 1.13. The van der Waals surface area contributed by atoms with Crippen LogP contribution in [0.1, 0.15) is 59.6 Å². The lowest BCUT2D eigenvalue weighted by molar-refractivity contribution is 0.163. The average molecular weight is 603 g/mol. The molecule has 4 aliphatic rings. The third kappa shape index (κ3) is 5.07. The van der Waals surface area contributed by atoms with Gasteiger partial charge in [-0.05, 0) is 94.6 Å². The number of hydrogen-bond donors (Lipinski definition) is 1. The number of hydrogen-bond acceptors (Lipinski definition) is 4. The first-order valence-corrected chi connectivity index (χ1v) is 16.6. The molecule has 2 fully saturated rings. The summed E-state index contributed by atoms with van der Waals surface area (Å²) < 4.78 is 0. The maximum atomic E-state index is 3.60. The molecule has 0 bridgehead atoms. The van der Waals surface area contributed by atoms with Gasteiger partial charge in [0.2, 0.25) is 0 Å². The minimum absolute atomic E-state index is 0.152. The average Bonchev–Trinajstić information content (AvgIpc) is 3.71. The van der Waals surface area contributed by atoms with Gasteiger partial charge in [-0.25, -0.2) is 0 Å². The summed E-state index contributed by atoms with van der Waals surface area (Å²) in [4.78, 5) is 2.55. The fraction of sp³-hybridized carbons (Fsp3) is 0.238. The molecule has 2 saturated heterocycles. The molecule has 8 rings (SSSR count). The van der Waals surface area contributed by atoms with Crippen LogP contribution < -0.4 is 5.32 Å². The lowest BCUT2D eigenvalue weighted by Gasteiger charge is -2.31. The van der Waals surface area contributed by atoms with Gasteiger partial charge in [0.15, 0.2) is 0 Å². The zero-order chi connectivity index (χ0) is 31.4. The van der Waals surface area contributed by atoms with Crippen molar-refractivity contribution < 1.29 is 0 Å². The maximum absolute atomic E-state index is 3.60. The number of likely N-dealkylation sites (N-methyl/N-ethyl adjacent to an activating group) is 1. The molecule has 1 N–H and O–H groups in total. The number of benzene rings is 4. The van der Waals surface area contributed by atoms with Gasteiger partial charge in [0, 0.05) is 12.2 Å². The molecule has 0 aromatic heterocycles. The standard InChI is InChI=1S/C42H42N4/c1-28-11-5-6-12-32(28)20-18-29(2)40-44(4)42(46-41(45(40)46)37-22-21-33-13-7-8-14-35(33)27-37)38-23-19-31(25-30(38)3)26-36-16-9-15-34-17-10-24-43-39(34)36/h5-23,25,27-28,40-43H,24,26H2,1-4H3/b29-18+,32-20-. The lowest BCUT2D eigenvalue weighted by Crippen LogP contribution is -2.37. The van der Waals surface area contributed by atoms with Crippen molar-refractivity contribution in [3.8, 4) is 0 Å².